The summed E-state index contributed by atoms with van der Waals surface area (Å²) in [5, 5.41) is 9.50. The van der Waals surface area contributed by atoms with Gasteiger partial charge < -0.3 is 14.6 Å². The number of thiazole rings is 1. The molecular weight excluding hydrogens is 364 g/mol. The first kappa shape index (κ1) is 18.8. The van der Waals surface area contributed by atoms with E-state index in [9.17, 15) is 4.79 Å². The predicted octanol–water partition coefficient (Wildman–Crippen LogP) is 3.61. The average Bonchev–Trinajstić information content (AvgIpc) is 3.27. The molecule has 7 nitrogen and oxygen atoms in total. The van der Waals surface area contributed by atoms with Gasteiger partial charge in [0, 0.05) is 11.5 Å². The Bertz CT molecular complexity index is 948. The molecule has 3 rings (SSSR count). The van der Waals surface area contributed by atoms with Gasteiger partial charge in [0.15, 0.2) is 5.82 Å². The highest BCUT2D eigenvalue weighted by Crippen LogP contribution is 2.17. The second kappa shape index (κ2) is 8.59. The number of rotatable bonds is 7. The number of ether oxygens (including phenoxy) is 1. The van der Waals surface area contributed by atoms with Crippen molar-refractivity contribution >= 4 is 23.3 Å². The van der Waals surface area contributed by atoms with Crippen LogP contribution in [0.2, 0.25) is 0 Å². The maximum atomic E-state index is 12.1. The fraction of sp³-hybridized carbons (Fsp3) is 0.263. The molecule has 27 heavy (non-hydrogen) atoms. The Morgan fingerprint density at radius 2 is 2.22 bits per heavy atom. The minimum atomic E-state index is -0.361. The Morgan fingerprint density at radius 3 is 2.93 bits per heavy atom. The molecular formula is C19H20N4O3S. The van der Waals surface area contributed by atoms with Gasteiger partial charge in [-0.3, -0.25) is 4.79 Å². The Balaban J connectivity index is 1.55. The molecule has 0 aliphatic rings. The number of aromatic nitrogens is 3. The molecule has 1 N–H and O–H groups in total. The van der Waals surface area contributed by atoms with Crippen LogP contribution in [0.5, 0.6) is 5.75 Å². The predicted molar refractivity (Wildman–Crippen MR) is 102 cm³/mol. The van der Waals surface area contributed by atoms with E-state index in [4.69, 9.17) is 9.26 Å². The van der Waals surface area contributed by atoms with Crippen LogP contribution in [0.25, 0.3) is 6.08 Å². The number of amides is 1. The van der Waals surface area contributed by atoms with Gasteiger partial charge in [0.05, 0.1) is 10.7 Å². The lowest BCUT2D eigenvalue weighted by atomic mass is 10.2. The number of aryl methyl sites for hydroxylation is 2. The maximum Gasteiger partial charge on any atom is 0.248 e. The lowest BCUT2D eigenvalue weighted by molar-refractivity contribution is -0.117. The van der Waals surface area contributed by atoms with Crippen LogP contribution in [0.3, 0.4) is 0 Å². The van der Waals surface area contributed by atoms with Crippen LogP contribution in [0.1, 0.15) is 40.9 Å². The number of hydrogen-bond donors (Lipinski definition) is 1. The maximum absolute atomic E-state index is 12.1. The molecule has 0 saturated heterocycles. The van der Waals surface area contributed by atoms with Gasteiger partial charge in [0.25, 0.3) is 0 Å². The number of benzene rings is 1. The molecule has 2 heterocycles. The fourth-order valence-electron chi connectivity index (χ4n) is 2.32. The standard InChI is InChI=1S/C19H20N4O3S/c1-12(19-21-13(2)23-26-19)20-18(24)8-7-15-5-4-6-17(9-15)25-10-16-11-27-14(3)22-16/h4-9,11-12H,10H2,1-3H3,(H,20,24)/b8-7+. The van der Waals surface area contributed by atoms with Crippen molar-refractivity contribution in [1.29, 1.82) is 0 Å². The van der Waals surface area contributed by atoms with Gasteiger partial charge in [-0.15, -0.1) is 11.3 Å². The second-order valence-corrected chi connectivity index (χ2v) is 7.02. The van der Waals surface area contributed by atoms with Gasteiger partial charge >= 0.3 is 0 Å². The average molecular weight is 384 g/mol. The quantitative estimate of drug-likeness (QED) is 0.626. The first-order valence-electron chi connectivity index (χ1n) is 8.42. The van der Waals surface area contributed by atoms with E-state index in [2.05, 4.69) is 20.4 Å². The summed E-state index contributed by atoms with van der Waals surface area (Å²) in [5.41, 5.74) is 1.77. The number of carbonyl (C=O) groups is 1. The summed E-state index contributed by atoms with van der Waals surface area (Å²) >= 11 is 1.60. The largest absolute Gasteiger partial charge is 0.487 e. The van der Waals surface area contributed by atoms with E-state index in [1.165, 1.54) is 6.08 Å². The summed E-state index contributed by atoms with van der Waals surface area (Å²) in [7, 11) is 0. The van der Waals surface area contributed by atoms with E-state index < -0.39 is 0 Å². The molecule has 0 bridgehead atoms. The van der Waals surface area contributed by atoms with Gasteiger partial charge in [-0.1, -0.05) is 17.3 Å². The number of carbonyl (C=O) groups excluding carboxylic acids is 1. The van der Waals surface area contributed by atoms with Crippen LogP contribution >= 0.6 is 11.3 Å². The third-order valence-electron chi connectivity index (χ3n) is 3.61. The van der Waals surface area contributed by atoms with E-state index in [0.717, 1.165) is 22.0 Å². The molecule has 1 amide bonds. The molecule has 2 aromatic heterocycles. The van der Waals surface area contributed by atoms with Crippen LogP contribution in [-0.4, -0.2) is 21.0 Å². The van der Waals surface area contributed by atoms with E-state index in [1.807, 2.05) is 36.6 Å². The molecule has 0 spiro atoms. The van der Waals surface area contributed by atoms with Crippen LogP contribution in [0.15, 0.2) is 40.2 Å². The highest BCUT2D eigenvalue weighted by Gasteiger charge is 2.14. The van der Waals surface area contributed by atoms with Crippen LogP contribution in [0.4, 0.5) is 0 Å². The van der Waals surface area contributed by atoms with E-state index >= 15 is 0 Å². The van der Waals surface area contributed by atoms with E-state index in [1.54, 1.807) is 31.3 Å². The smallest absolute Gasteiger partial charge is 0.248 e. The molecule has 1 unspecified atom stereocenters. The molecule has 140 valence electrons. The molecule has 1 aromatic carbocycles. The zero-order valence-corrected chi connectivity index (χ0v) is 16.1. The first-order chi connectivity index (χ1) is 13.0. The molecule has 1 atom stereocenters. The molecule has 0 saturated carbocycles. The van der Waals surface area contributed by atoms with Crippen LogP contribution < -0.4 is 10.1 Å². The van der Waals surface area contributed by atoms with Crippen molar-refractivity contribution < 1.29 is 14.1 Å². The molecule has 3 aromatic rings. The van der Waals surface area contributed by atoms with Crippen molar-refractivity contribution in [3.05, 3.63) is 63.7 Å². The molecule has 0 radical (unpaired) electrons. The van der Waals surface area contributed by atoms with Crippen molar-refractivity contribution in [3.63, 3.8) is 0 Å². The Labute approximate surface area is 161 Å². The highest BCUT2D eigenvalue weighted by molar-refractivity contribution is 7.09. The summed E-state index contributed by atoms with van der Waals surface area (Å²) < 4.78 is 10.8. The van der Waals surface area contributed by atoms with Crippen molar-refractivity contribution in [2.45, 2.75) is 33.4 Å². The topological polar surface area (TPSA) is 90.1 Å². The fourth-order valence-corrected chi connectivity index (χ4v) is 2.92. The summed E-state index contributed by atoms with van der Waals surface area (Å²) in [6.07, 6.45) is 3.18. The first-order valence-corrected chi connectivity index (χ1v) is 9.30. The van der Waals surface area contributed by atoms with Gasteiger partial charge in [-0.2, -0.15) is 4.98 Å². The van der Waals surface area contributed by atoms with Crippen molar-refractivity contribution in [1.82, 2.24) is 20.4 Å². The third kappa shape index (κ3) is 5.49. The van der Waals surface area contributed by atoms with Crippen LogP contribution in [-0.2, 0) is 11.4 Å². The van der Waals surface area contributed by atoms with Crippen molar-refractivity contribution in [3.8, 4) is 5.75 Å². The van der Waals surface area contributed by atoms with Gasteiger partial charge in [-0.05, 0) is 44.5 Å². The third-order valence-corrected chi connectivity index (χ3v) is 4.43. The second-order valence-electron chi connectivity index (χ2n) is 5.96. The lowest BCUT2D eigenvalue weighted by Crippen LogP contribution is -2.24. The minimum absolute atomic E-state index is 0.248. The number of hydrogen-bond acceptors (Lipinski definition) is 7. The zero-order valence-electron chi connectivity index (χ0n) is 15.3. The molecule has 0 aliphatic heterocycles. The normalized spacial score (nSPS) is 12.3. The van der Waals surface area contributed by atoms with Gasteiger partial charge in [0.1, 0.15) is 18.4 Å². The summed E-state index contributed by atoms with van der Waals surface area (Å²) in [6, 6.07) is 7.15. The minimum Gasteiger partial charge on any atom is -0.487 e. The zero-order chi connectivity index (χ0) is 19.2. The van der Waals surface area contributed by atoms with E-state index in [0.29, 0.717) is 18.3 Å². The Morgan fingerprint density at radius 1 is 1.37 bits per heavy atom. The molecule has 0 fully saturated rings. The van der Waals surface area contributed by atoms with Crippen molar-refractivity contribution in [2.24, 2.45) is 0 Å². The lowest BCUT2D eigenvalue weighted by Gasteiger charge is -2.07. The molecule has 8 heteroatoms. The number of nitrogens with one attached hydrogen (secondary N) is 1. The van der Waals surface area contributed by atoms with Gasteiger partial charge in [0.2, 0.25) is 11.8 Å². The summed E-state index contributed by atoms with van der Waals surface area (Å²) in [6.45, 7) is 5.89. The number of nitrogens with zero attached hydrogens (tertiary/aromatic N) is 3. The van der Waals surface area contributed by atoms with Gasteiger partial charge in [-0.25, -0.2) is 4.98 Å². The Kier molecular flexibility index (Phi) is 5.97. The Hall–Kier alpha value is -3.00. The molecule has 0 aliphatic carbocycles. The van der Waals surface area contributed by atoms with Crippen molar-refractivity contribution in [2.75, 3.05) is 0 Å². The van der Waals surface area contributed by atoms with Crippen LogP contribution in [0, 0.1) is 13.8 Å². The van der Waals surface area contributed by atoms with E-state index in [-0.39, 0.29) is 11.9 Å². The summed E-state index contributed by atoms with van der Waals surface area (Å²) in [5.74, 6) is 1.38. The summed E-state index contributed by atoms with van der Waals surface area (Å²) in [4.78, 5) is 20.6. The monoisotopic (exact) mass is 384 g/mol. The highest BCUT2D eigenvalue weighted by atomic mass is 32.1. The SMILES string of the molecule is Cc1noc(C(C)NC(=O)/C=C/c2cccc(OCc3csc(C)n3)c2)n1.